The third-order valence-corrected chi connectivity index (χ3v) is 3.88. The summed E-state index contributed by atoms with van der Waals surface area (Å²) in [5, 5.41) is 7.13. The van der Waals surface area contributed by atoms with Crippen LogP contribution in [0.25, 0.3) is 5.69 Å². The van der Waals surface area contributed by atoms with Crippen molar-refractivity contribution >= 4 is 5.91 Å². The van der Waals surface area contributed by atoms with E-state index in [4.69, 9.17) is 9.15 Å². The number of aryl methyl sites for hydroxylation is 1. The van der Waals surface area contributed by atoms with Crippen LogP contribution in [0.2, 0.25) is 0 Å². The first kappa shape index (κ1) is 17.5. The van der Waals surface area contributed by atoms with Gasteiger partial charge in [0.2, 0.25) is 0 Å². The van der Waals surface area contributed by atoms with Gasteiger partial charge in [-0.2, -0.15) is 5.10 Å². The molecule has 1 N–H and O–H groups in total. The van der Waals surface area contributed by atoms with Crippen LogP contribution in [0.3, 0.4) is 0 Å². The molecule has 1 aromatic carbocycles. The lowest BCUT2D eigenvalue weighted by atomic mass is 10.2. The van der Waals surface area contributed by atoms with Crippen molar-refractivity contribution in [3.05, 3.63) is 76.1 Å². The van der Waals surface area contributed by atoms with E-state index in [-0.39, 0.29) is 17.2 Å². The molecule has 2 aromatic heterocycles. The molecule has 0 aliphatic carbocycles. The van der Waals surface area contributed by atoms with Gasteiger partial charge in [-0.05, 0) is 26.0 Å². The van der Waals surface area contributed by atoms with Gasteiger partial charge in [0.1, 0.15) is 11.5 Å². The highest BCUT2D eigenvalue weighted by Gasteiger charge is 2.16. The minimum Gasteiger partial charge on any atom is -0.497 e. The summed E-state index contributed by atoms with van der Waals surface area (Å²) in [6, 6.07) is 9.69. The van der Waals surface area contributed by atoms with E-state index in [0.717, 1.165) is 17.0 Å². The maximum Gasteiger partial charge on any atom is 0.287 e. The van der Waals surface area contributed by atoms with Crippen LogP contribution in [0.4, 0.5) is 0 Å². The number of ether oxygens (including phenoxy) is 1. The Morgan fingerprint density at radius 3 is 2.85 bits per heavy atom. The van der Waals surface area contributed by atoms with Gasteiger partial charge in [-0.15, -0.1) is 0 Å². The first-order valence-electron chi connectivity index (χ1n) is 8.08. The molecule has 3 rings (SSSR count). The lowest BCUT2D eigenvalue weighted by Crippen LogP contribution is -2.27. The SMILES string of the molecule is COc1cccc(-n2cc([C@H](C)NC(=O)c3cc(=O)cc(C)o3)cn2)c1. The van der Waals surface area contributed by atoms with E-state index in [1.165, 1.54) is 12.1 Å². The largest absolute Gasteiger partial charge is 0.497 e. The third kappa shape index (κ3) is 3.83. The second kappa shape index (κ2) is 7.26. The summed E-state index contributed by atoms with van der Waals surface area (Å²) in [6.45, 7) is 3.46. The lowest BCUT2D eigenvalue weighted by molar-refractivity contribution is 0.0907. The molecule has 0 fully saturated rings. The smallest absolute Gasteiger partial charge is 0.287 e. The molecule has 7 nitrogen and oxygen atoms in total. The quantitative estimate of drug-likeness (QED) is 0.762. The zero-order chi connectivity index (χ0) is 18.7. The molecule has 0 aliphatic heterocycles. The average molecular weight is 353 g/mol. The molecule has 0 spiro atoms. The Morgan fingerprint density at radius 1 is 1.31 bits per heavy atom. The topological polar surface area (TPSA) is 86.4 Å². The van der Waals surface area contributed by atoms with Crippen LogP contribution in [0.15, 0.2) is 58.0 Å². The van der Waals surface area contributed by atoms with E-state index in [9.17, 15) is 9.59 Å². The number of hydrogen-bond donors (Lipinski definition) is 1. The van der Waals surface area contributed by atoms with Crippen molar-refractivity contribution in [1.29, 1.82) is 0 Å². The molecule has 0 saturated heterocycles. The van der Waals surface area contributed by atoms with E-state index in [1.807, 2.05) is 37.4 Å². The summed E-state index contributed by atoms with van der Waals surface area (Å²) in [4.78, 5) is 23.8. The Morgan fingerprint density at radius 2 is 2.12 bits per heavy atom. The molecule has 134 valence electrons. The highest BCUT2D eigenvalue weighted by atomic mass is 16.5. The van der Waals surface area contributed by atoms with Crippen molar-refractivity contribution < 1.29 is 13.9 Å². The third-order valence-electron chi connectivity index (χ3n) is 3.88. The highest BCUT2D eigenvalue weighted by molar-refractivity contribution is 5.91. The Hall–Kier alpha value is -3.35. The van der Waals surface area contributed by atoms with Gasteiger partial charge in [-0.25, -0.2) is 4.68 Å². The van der Waals surface area contributed by atoms with Crippen molar-refractivity contribution in [3.8, 4) is 11.4 Å². The first-order chi connectivity index (χ1) is 12.5. The number of nitrogens with one attached hydrogen (secondary N) is 1. The molecule has 0 aliphatic rings. The Labute approximate surface area is 150 Å². The number of hydrogen-bond acceptors (Lipinski definition) is 5. The summed E-state index contributed by atoms with van der Waals surface area (Å²) in [7, 11) is 1.61. The number of rotatable bonds is 5. The fourth-order valence-corrected chi connectivity index (χ4v) is 2.52. The molecule has 2 heterocycles. The summed E-state index contributed by atoms with van der Waals surface area (Å²) in [5.41, 5.74) is 1.40. The Bertz CT molecular complexity index is 990. The molecule has 26 heavy (non-hydrogen) atoms. The number of methoxy groups -OCH3 is 1. The summed E-state index contributed by atoms with van der Waals surface area (Å²) in [5.74, 6) is 0.658. The minimum absolute atomic E-state index is 0.0120. The summed E-state index contributed by atoms with van der Waals surface area (Å²) >= 11 is 0. The van der Waals surface area contributed by atoms with E-state index < -0.39 is 5.91 Å². The Kier molecular flexibility index (Phi) is 4.88. The van der Waals surface area contributed by atoms with Gasteiger partial charge < -0.3 is 14.5 Å². The molecule has 0 bridgehead atoms. The predicted molar refractivity (Wildman–Crippen MR) is 95.7 cm³/mol. The molecule has 0 saturated carbocycles. The second-order valence-corrected chi connectivity index (χ2v) is 5.88. The van der Waals surface area contributed by atoms with Crippen molar-refractivity contribution in [2.75, 3.05) is 7.11 Å². The fourth-order valence-electron chi connectivity index (χ4n) is 2.52. The van der Waals surface area contributed by atoms with Crippen LogP contribution in [0.5, 0.6) is 5.75 Å². The maximum absolute atomic E-state index is 12.3. The van der Waals surface area contributed by atoms with Crippen molar-refractivity contribution in [1.82, 2.24) is 15.1 Å². The number of aromatic nitrogens is 2. The fraction of sp³-hybridized carbons (Fsp3) is 0.211. The average Bonchev–Trinajstić information content (AvgIpc) is 3.11. The van der Waals surface area contributed by atoms with Crippen LogP contribution < -0.4 is 15.5 Å². The van der Waals surface area contributed by atoms with Crippen LogP contribution in [-0.4, -0.2) is 22.8 Å². The molecular weight excluding hydrogens is 334 g/mol. The van der Waals surface area contributed by atoms with Crippen LogP contribution in [-0.2, 0) is 0 Å². The summed E-state index contributed by atoms with van der Waals surface area (Å²) < 4.78 is 12.2. The standard InChI is InChI=1S/C19H19N3O4/c1-12-7-16(23)9-18(26-12)19(24)21-13(2)14-10-20-22(11-14)15-5-4-6-17(8-15)25-3/h4-11,13H,1-3H3,(H,21,24)/t13-/m0/s1. The first-order valence-corrected chi connectivity index (χ1v) is 8.08. The van der Waals surface area contributed by atoms with Gasteiger partial charge >= 0.3 is 0 Å². The van der Waals surface area contributed by atoms with E-state index in [1.54, 1.807) is 24.9 Å². The van der Waals surface area contributed by atoms with Gasteiger partial charge in [-0.3, -0.25) is 9.59 Å². The normalized spacial score (nSPS) is 11.8. The maximum atomic E-state index is 12.3. The van der Waals surface area contributed by atoms with Gasteiger partial charge in [0.15, 0.2) is 11.2 Å². The number of amides is 1. The number of carbonyl (C=O) groups is 1. The van der Waals surface area contributed by atoms with E-state index in [2.05, 4.69) is 10.4 Å². The zero-order valence-electron chi connectivity index (χ0n) is 14.7. The van der Waals surface area contributed by atoms with Gasteiger partial charge in [0, 0.05) is 30.0 Å². The number of carbonyl (C=O) groups excluding carboxylic acids is 1. The van der Waals surface area contributed by atoms with Crippen LogP contribution in [0.1, 0.15) is 34.8 Å². The van der Waals surface area contributed by atoms with E-state index >= 15 is 0 Å². The van der Waals surface area contributed by atoms with Crippen LogP contribution in [0, 0.1) is 6.92 Å². The number of benzene rings is 1. The predicted octanol–water partition coefficient (Wildman–Crippen LogP) is 2.63. The molecule has 1 atom stereocenters. The molecule has 1 amide bonds. The molecule has 0 radical (unpaired) electrons. The number of nitrogens with zero attached hydrogens (tertiary/aromatic N) is 2. The lowest BCUT2D eigenvalue weighted by Gasteiger charge is -2.11. The van der Waals surface area contributed by atoms with Crippen molar-refractivity contribution in [2.24, 2.45) is 0 Å². The Balaban J connectivity index is 1.76. The van der Waals surface area contributed by atoms with Gasteiger partial charge in [-0.1, -0.05) is 6.07 Å². The minimum atomic E-state index is -0.451. The monoisotopic (exact) mass is 353 g/mol. The second-order valence-electron chi connectivity index (χ2n) is 5.88. The van der Waals surface area contributed by atoms with Crippen molar-refractivity contribution in [3.63, 3.8) is 0 Å². The van der Waals surface area contributed by atoms with E-state index in [0.29, 0.717) is 5.76 Å². The molecule has 0 unspecified atom stereocenters. The highest BCUT2D eigenvalue weighted by Crippen LogP contribution is 2.18. The molecule has 7 heteroatoms. The molecule has 3 aromatic rings. The van der Waals surface area contributed by atoms with Crippen molar-refractivity contribution in [2.45, 2.75) is 19.9 Å². The summed E-state index contributed by atoms with van der Waals surface area (Å²) in [6.07, 6.45) is 3.50. The van der Waals surface area contributed by atoms with Crippen LogP contribution >= 0.6 is 0 Å². The van der Waals surface area contributed by atoms with Gasteiger partial charge in [0.05, 0.1) is 25.0 Å². The van der Waals surface area contributed by atoms with Gasteiger partial charge in [0.25, 0.3) is 5.91 Å². The molecular formula is C19H19N3O4. The zero-order valence-corrected chi connectivity index (χ0v) is 14.7.